The van der Waals surface area contributed by atoms with Gasteiger partial charge in [0.15, 0.2) is 5.69 Å². The first kappa shape index (κ1) is 10.3. The lowest BCUT2D eigenvalue weighted by atomic mass is 10.2. The average molecular weight is 236 g/mol. The summed E-state index contributed by atoms with van der Waals surface area (Å²) in [7, 11) is 0. The molecule has 0 atom stereocenters. The molecule has 2 aromatic rings. The molecule has 0 fully saturated rings. The molecule has 76 valence electrons. The summed E-state index contributed by atoms with van der Waals surface area (Å²) in [6.07, 6.45) is 0. The zero-order valence-electron chi connectivity index (χ0n) is 8.01. The third-order valence-corrected chi connectivity index (χ3v) is 3.21. The van der Waals surface area contributed by atoms with Crippen LogP contribution in [0.4, 0.5) is 0 Å². The van der Waals surface area contributed by atoms with Crippen LogP contribution in [0.5, 0.6) is 0 Å². The molecule has 0 aliphatic rings. The molecule has 0 N–H and O–H groups in total. The molecule has 3 nitrogen and oxygen atoms in total. The van der Waals surface area contributed by atoms with Gasteiger partial charge >= 0.3 is 0 Å². The Kier molecular flexibility index (Phi) is 3.13. The minimum atomic E-state index is -0.0624. The normalized spacial score (nSPS) is 10.2. The molecule has 0 aliphatic carbocycles. The minimum Gasteiger partial charge on any atom is -0.279 e. The van der Waals surface area contributed by atoms with Crippen molar-refractivity contribution in [3.63, 3.8) is 0 Å². The van der Waals surface area contributed by atoms with Gasteiger partial charge in [-0.15, -0.1) is 5.10 Å². The summed E-state index contributed by atoms with van der Waals surface area (Å²) in [4.78, 5) is 12.6. The first-order chi connectivity index (χ1) is 7.25. The van der Waals surface area contributed by atoms with Crippen molar-refractivity contribution in [3.8, 4) is 0 Å². The van der Waals surface area contributed by atoms with Gasteiger partial charge in [0.05, 0.1) is 0 Å². The molecule has 0 unspecified atom stereocenters. The summed E-state index contributed by atoms with van der Waals surface area (Å²) in [6, 6.07) is 7.82. The fraction of sp³-hybridized carbons (Fsp3) is 0.100. The Morgan fingerprint density at radius 2 is 2.07 bits per heavy atom. The Balaban J connectivity index is 2.09. The number of aryl methyl sites for hydroxylation is 1. The van der Waals surface area contributed by atoms with Crippen LogP contribution in [0.15, 0.2) is 34.5 Å². The monoisotopic (exact) mass is 236 g/mol. The lowest BCUT2D eigenvalue weighted by Gasteiger charge is -1.98. The molecule has 0 amide bonds. The molecular weight excluding hydrogens is 228 g/mol. The highest BCUT2D eigenvalue weighted by Crippen LogP contribution is 2.22. The lowest BCUT2D eigenvalue weighted by Crippen LogP contribution is -1.93. The second-order valence-electron chi connectivity index (χ2n) is 2.99. The minimum absolute atomic E-state index is 0.0624. The smallest absolute Gasteiger partial charge is 0.245 e. The van der Waals surface area contributed by atoms with E-state index >= 15 is 0 Å². The third kappa shape index (κ3) is 2.64. The number of aromatic nitrogens is 2. The number of thioether (sulfide) groups is 1. The summed E-state index contributed by atoms with van der Waals surface area (Å²) in [5.74, 6) is 0. The number of carbonyl (C=O) groups excluding carboxylic acids is 1. The summed E-state index contributed by atoms with van der Waals surface area (Å²) >= 11 is 2.36. The maximum Gasteiger partial charge on any atom is 0.245 e. The first-order valence-corrected chi connectivity index (χ1v) is 5.97. The molecule has 0 bridgehead atoms. The van der Waals surface area contributed by atoms with E-state index in [1.165, 1.54) is 28.9 Å². The SMILES string of the molecule is Cc1ccc(SC(=O)c2csnn2)cc1. The number of nitrogens with zero attached hydrogens (tertiary/aromatic N) is 2. The topological polar surface area (TPSA) is 42.9 Å². The van der Waals surface area contributed by atoms with E-state index in [0.29, 0.717) is 5.69 Å². The number of carbonyl (C=O) groups is 1. The second-order valence-corrected chi connectivity index (χ2v) is 4.65. The Labute approximate surface area is 95.7 Å². The van der Waals surface area contributed by atoms with Gasteiger partial charge in [-0.05, 0) is 42.4 Å². The van der Waals surface area contributed by atoms with Crippen molar-refractivity contribution in [2.24, 2.45) is 0 Å². The molecule has 1 heterocycles. The van der Waals surface area contributed by atoms with Crippen LogP contribution in [0.25, 0.3) is 0 Å². The van der Waals surface area contributed by atoms with E-state index in [-0.39, 0.29) is 5.12 Å². The van der Waals surface area contributed by atoms with Crippen molar-refractivity contribution in [1.29, 1.82) is 0 Å². The number of benzene rings is 1. The van der Waals surface area contributed by atoms with Crippen LogP contribution in [0.1, 0.15) is 16.1 Å². The molecular formula is C10H8N2OS2. The van der Waals surface area contributed by atoms with E-state index in [1.54, 1.807) is 5.38 Å². The van der Waals surface area contributed by atoms with E-state index in [0.717, 1.165) is 4.90 Å². The highest BCUT2D eigenvalue weighted by Gasteiger charge is 2.10. The molecule has 0 spiro atoms. The number of hydrogen-bond donors (Lipinski definition) is 0. The largest absolute Gasteiger partial charge is 0.279 e. The molecule has 2 rings (SSSR count). The summed E-state index contributed by atoms with van der Waals surface area (Å²) < 4.78 is 3.66. The molecule has 0 saturated heterocycles. The Morgan fingerprint density at radius 3 is 2.67 bits per heavy atom. The number of rotatable bonds is 2. The molecule has 0 aliphatic heterocycles. The molecule has 0 saturated carbocycles. The Bertz CT molecular complexity index is 451. The van der Waals surface area contributed by atoms with Gasteiger partial charge in [0.1, 0.15) is 0 Å². The van der Waals surface area contributed by atoms with Gasteiger partial charge in [0.2, 0.25) is 5.12 Å². The van der Waals surface area contributed by atoms with Crippen LogP contribution in [-0.4, -0.2) is 14.7 Å². The van der Waals surface area contributed by atoms with Gasteiger partial charge in [-0.3, -0.25) is 4.79 Å². The maximum absolute atomic E-state index is 11.6. The predicted molar refractivity (Wildman–Crippen MR) is 61.3 cm³/mol. The van der Waals surface area contributed by atoms with E-state index in [9.17, 15) is 4.79 Å². The van der Waals surface area contributed by atoms with Gasteiger partial charge in [-0.1, -0.05) is 22.2 Å². The third-order valence-electron chi connectivity index (χ3n) is 1.80. The fourth-order valence-corrected chi connectivity index (χ4v) is 2.22. The van der Waals surface area contributed by atoms with Gasteiger partial charge in [-0.2, -0.15) is 0 Å². The zero-order chi connectivity index (χ0) is 10.7. The Morgan fingerprint density at radius 1 is 1.33 bits per heavy atom. The standard InChI is InChI=1S/C10H8N2OS2/c1-7-2-4-8(5-3-7)15-10(13)9-6-14-12-11-9/h2-6H,1H3. The van der Waals surface area contributed by atoms with Crippen molar-refractivity contribution in [1.82, 2.24) is 9.59 Å². The van der Waals surface area contributed by atoms with Crippen molar-refractivity contribution < 1.29 is 4.79 Å². The maximum atomic E-state index is 11.6. The van der Waals surface area contributed by atoms with Crippen LogP contribution < -0.4 is 0 Å². The summed E-state index contributed by atoms with van der Waals surface area (Å²) in [5.41, 5.74) is 1.60. The predicted octanol–water partition coefficient (Wildman–Crippen LogP) is 2.78. The van der Waals surface area contributed by atoms with E-state index in [4.69, 9.17) is 0 Å². The van der Waals surface area contributed by atoms with Crippen molar-refractivity contribution >= 4 is 28.4 Å². The van der Waals surface area contributed by atoms with E-state index in [1.807, 2.05) is 31.2 Å². The highest BCUT2D eigenvalue weighted by atomic mass is 32.2. The van der Waals surface area contributed by atoms with Gasteiger partial charge in [0.25, 0.3) is 0 Å². The Hall–Kier alpha value is -1.20. The van der Waals surface area contributed by atoms with Crippen molar-refractivity contribution in [2.45, 2.75) is 11.8 Å². The highest BCUT2D eigenvalue weighted by molar-refractivity contribution is 8.14. The second kappa shape index (κ2) is 4.55. The quantitative estimate of drug-likeness (QED) is 0.752. The van der Waals surface area contributed by atoms with Crippen LogP contribution in [-0.2, 0) is 0 Å². The molecule has 0 radical (unpaired) electrons. The van der Waals surface area contributed by atoms with Crippen LogP contribution in [0.3, 0.4) is 0 Å². The van der Waals surface area contributed by atoms with Crippen molar-refractivity contribution in [2.75, 3.05) is 0 Å². The molecule has 1 aromatic carbocycles. The summed E-state index contributed by atoms with van der Waals surface area (Å²) in [5, 5.41) is 5.32. The average Bonchev–Trinajstić information content (AvgIpc) is 2.74. The lowest BCUT2D eigenvalue weighted by molar-refractivity contribution is 0.108. The molecule has 1 aromatic heterocycles. The van der Waals surface area contributed by atoms with Gasteiger partial charge in [0, 0.05) is 10.3 Å². The summed E-state index contributed by atoms with van der Waals surface area (Å²) in [6.45, 7) is 2.01. The van der Waals surface area contributed by atoms with Crippen molar-refractivity contribution in [3.05, 3.63) is 40.9 Å². The fourth-order valence-electron chi connectivity index (χ4n) is 1.02. The van der Waals surface area contributed by atoms with E-state index < -0.39 is 0 Å². The van der Waals surface area contributed by atoms with Crippen LogP contribution >= 0.6 is 23.3 Å². The zero-order valence-corrected chi connectivity index (χ0v) is 9.64. The van der Waals surface area contributed by atoms with E-state index in [2.05, 4.69) is 9.59 Å². The molecule has 15 heavy (non-hydrogen) atoms. The van der Waals surface area contributed by atoms with Crippen LogP contribution in [0.2, 0.25) is 0 Å². The van der Waals surface area contributed by atoms with Gasteiger partial charge < -0.3 is 0 Å². The number of hydrogen-bond acceptors (Lipinski definition) is 5. The van der Waals surface area contributed by atoms with Crippen LogP contribution in [0, 0.1) is 6.92 Å². The molecule has 5 heteroatoms. The van der Waals surface area contributed by atoms with Gasteiger partial charge in [-0.25, -0.2) is 0 Å². The first-order valence-electron chi connectivity index (χ1n) is 4.31.